The molecule has 0 fully saturated rings. The molecule has 0 unspecified atom stereocenters. The van der Waals surface area contributed by atoms with E-state index in [0.29, 0.717) is 0 Å². The minimum Gasteiger partial charge on any atom is -0.0613 e. The molecule has 21 heavy (non-hydrogen) atoms. The van der Waals surface area contributed by atoms with Gasteiger partial charge in [0, 0.05) is 3.57 Å². The van der Waals surface area contributed by atoms with Crippen molar-refractivity contribution in [3.63, 3.8) is 0 Å². The zero-order chi connectivity index (χ0) is 15.9. The maximum absolute atomic E-state index is 2.58. The molecular formula is C20H27I. The average Bonchev–Trinajstić information content (AvgIpc) is 2.46. The molecule has 0 atom stereocenters. The number of hydrogen-bond donors (Lipinski definition) is 0. The first-order valence-electron chi connectivity index (χ1n) is 8.12. The van der Waals surface area contributed by atoms with Crippen LogP contribution >= 0.6 is 22.6 Å². The highest BCUT2D eigenvalue weighted by atomic mass is 127. The lowest BCUT2D eigenvalue weighted by molar-refractivity contribution is 1.04. The van der Waals surface area contributed by atoms with Gasteiger partial charge in [0.15, 0.2) is 0 Å². The first-order valence-corrected chi connectivity index (χ1v) is 9.20. The summed E-state index contributed by atoms with van der Waals surface area (Å²) in [5.41, 5.74) is 10.6. The van der Waals surface area contributed by atoms with Crippen molar-refractivity contribution in [1.29, 1.82) is 0 Å². The van der Waals surface area contributed by atoms with Crippen LogP contribution in [0.15, 0.2) is 0 Å². The number of aryl methyl sites for hydroxylation is 4. The number of hydrogen-bond acceptors (Lipinski definition) is 0. The molecular weight excluding hydrogens is 367 g/mol. The van der Waals surface area contributed by atoms with Crippen LogP contribution in [-0.4, -0.2) is 0 Å². The molecule has 0 amide bonds. The van der Waals surface area contributed by atoms with Crippen LogP contribution < -0.4 is 0 Å². The van der Waals surface area contributed by atoms with Crippen LogP contribution in [0.2, 0.25) is 0 Å². The van der Waals surface area contributed by atoms with Crippen molar-refractivity contribution in [2.75, 3.05) is 0 Å². The predicted octanol–water partition coefficient (Wildman–Crippen LogP) is 6.37. The molecule has 0 bridgehead atoms. The summed E-state index contributed by atoms with van der Waals surface area (Å²) in [6.07, 6.45) is 3.37. The minimum absolute atomic E-state index is 1.12. The van der Waals surface area contributed by atoms with Crippen LogP contribution in [0.5, 0.6) is 0 Å². The van der Waals surface area contributed by atoms with Gasteiger partial charge in [0.2, 0.25) is 0 Å². The van der Waals surface area contributed by atoms with Gasteiger partial charge in [-0.2, -0.15) is 0 Å². The summed E-state index contributed by atoms with van der Waals surface area (Å²) in [4.78, 5) is 0. The molecule has 0 saturated heterocycles. The van der Waals surface area contributed by atoms with Gasteiger partial charge in [0.05, 0.1) is 0 Å². The maximum Gasteiger partial charge on any atom is 0.0203 e. The van der Waals surface area contributed by atoms with Gasteiger partial charge in [-0.1, -0.05) is 20.8 Å². The van der Waals surface area contributed by atoms with E-state index in [1.54, 1.807) is 22.1 Å². The van der Waals surface area contributed by atoms with Crippen LogP contribution in [0.25, 0.3) is 10.8 Å². The molecule has 2 aromatic rings. The molecule has 2 rings (SSSR count). The Morgan fingerprint density at radius 1 is 0.571 bits per heavy atom. The van der Waals surface area contributed by atoms with E-state index in [1.807, 2.05) is 0 Å². The Balaban J connectivity index is 3.19. The smallest absolute Gasteiger partial charge is 0.0203 e. The topological polar surface area (TPSA) is 0 Å². The predicted molar refractivity (Wildman–Crippen MR) is 104 cm³/mol. The van der Waals surface area contributed by atoms with E-state index in [0.717, 1.165) is 19.3 Å². The second-order valence-electron chi connectivity index (χ2n) is 6.06. The lowest BCUT2D eigenvalue weighted by Crippen LogP contribution is -2.06. The molecule has 0 N–H and O–H groups in total. The fourth-order valence-electron chi connectivity index (χ4n) is 3.82. The normalized spacial score (nSPS) is 11.4. The SMILES string of the molecule is CCc1c(I)c(CC)c2c(CC)c(C)c(C)c(C)c2c1C. The van der Waals surface area contributed by atoms with E-state index in [-0.39, 0.29) is 0 Å². The van der Waals surface area contributed by atoms with Crippen molar-refractivity contribution >= 4 is 33.4 Å². The molecule has 0 spiro atoms. The van der Waals surface area contributed by atoms with Gasteiger partial charge in [0.1, 0.15) is 0 Å². The molecule has 0 heterocycles. The van der Waals surface area contributed by atoms with E-state index in [9.17, 15) is 0 Å². The average molecular weight is 394 g/mol. The third-order valence-electron chi connectivity index (χ3n) is 5.22. The summed E-state index contributed by atoms with van der Waals surface area (Å²) in [7, 11) is 0. The lowest BCUT2D eigenvalue weighted by Gasteiger charge is -2.23. The fraction of sp³-hybridized carbons (Fsp3) is 0.500. The molecule has 0 aliphatic carbocycles. The Labute approximate surface area is 143 Å². The van der Waals surface area contributed by atoms with Crippen molar-refractivity contribution in [1.82, 2.24) is 0 Å². The molecule has 0 aromatic heterocycles. The van der Waals surface area contributed by atoms with Crippen molar-refractivity contribution in [2.45, 2.75) is 67.7 Å². The van der Waals surface area contributed by atoms with Crippen molar-refractivity contribution in [3.8, 4) is 0 Å². The Bertz CT molecular complexity index is 708. The summed E-state index contributed by atoms with van der Waals surface area (Å²) in [5, 5.41) is 3.09. The highest BCUT2D eigenvalue weighted by molar-refractivity contribution is 14.1. The van der Waals surface area contributed by atoms with Crippen LogP contribution in [0, 0.1) is 31.3 Å². The number of halogens is 1. The first kappa shape index (κ1) is 16.8. The molecule has 1 heteroatoms. The van der Waals surface area contributed by atoms with Gasteiger partial charge >= 0.3 is 0 Å². The van der Waals surface area contributed by atoms with E-state index >= 15 is 0 Å². The third kappa shape index (κ3) is 2.42. The summed E-state index contributed by atoms with van der Waals surface area (Å²) in [5.74, 6) is 0. The van der Waals surface area contributed by atoms with Crippen molar-refractivity contribution in [2.24, 2.45) is 0 Å². The molecule has 0 aliphatic rings. The van der Waals surface area contributed by atoms with Gasteiger partial charge in [-0.05, 0) is 119 Å². The van der Waals surface area contributed by atoms with Gasteiger partial charge < -0.3 is 0 Å². The molecule has 2 aromatic carbocycles. The fourth-order valence-corrected chi connectivity index (χ4v) is 5.26. The lowest BCUT2D eigenvalue weighted by atomic mass is 9.83. The Morgan fingerprint density at radius 2 is 1.10 bits per heavy atom. The standard InChI is InChI=1S/C20H27I/c1-8-15-12(5)11(4)13(6)18-14(7)16(9-2)20(21)17(10-3)19(15)18/h8-10H2,1-7H3. The van der Waals surface area contributed by atoms with Crippen LogP contribution in [0.4, 0.5) is 0 Å². The van der Waals surface area contributed by atoms with Crippen LogP contribution in [-0.2, 0) is 19.3 Å². The molecule has 114 valence electrons. The Hall–Kier alpha value is -0.570. The third-order valence-corrected chi connectivity index (χ3v) is 6.53. The second-order valence-corrected chi connectivity index (χ2v) is 7.14. The number of benzene rings is 2. The van der Waals surface area contributed by atoms with E-state index < -0.39 is 0 Å². The second kappa shape index (κ2) is 6.28. The summed E-state index contributed by atoms with van der Waals surface area (Å²) >= 11 is 2.58. The van der Waals surface area contributed by atoms with Crippen LogP contribution in [0.1, 0.15) is 59.7 Å². The van der Waals surface area contributed by atoms with E-state index in [2.05, 4.69) is 71.1 Å². The maximum atomic E-state index is 2.58. The van der Waals surface area contributed by atoms with Crippen LogP contribution in [0.3, 0.4) is 0 Å². The van der Waals surface area contributed by atoms with Gasteiger partial charge in [0.25, 0.3) is 0 Å². The van der Waals surface area contributed by atoms with E-state index in [4.69, 9.17) is 0 Å². The van der Waals surface area contributed by atoms with Gasteiger partial charge in [-0.25, -0.2) is 0 Å². The zero-order valence-electron chi connectivity index (χ0n) is 14.5. The molecule has 0 nitrogen and oxygen atoms in total. The van der Waals surface area contributed by atoms with Gasteiger partial charge in [-0.15, -0.1) is 0 Å². The molecule has 0 radical (unpaired) electrons. The Morgan fingerprint density at radius 3 is 1.57 bits per heavy atom. The molecule has 0 aliphatic heterocycles. The summed E-state index contributed by atoms with van der Waals surface area (Å²) < 4.78 is 1.50. The zero-order valence-corrected chi connectivity index (χ0v) is 16.7. The largest absolute Gasteiger partial charge is 0.0613 e. The Kier molecular flexibility index (Phi) is 5.02. The quantitative estimate of drug-likeness (QED) is 0.531. The first-order chi connectivity index (χ1) is 9.90. The monoisotopic (exact) mass is 394 g/mol. The van der Waals surface area contributed by atoms with Crippen molar-refractivity contribution < 1.29 is 0 Å². The summed E-state index contributed by atoms with van der Waals surface area (Å²) in [6.45, 7) is 16.1. The van der Waals surface area contributed by atoms with Gasteiger partial charge in [-0.3, -0.25) is 0 Å². The highest BCUT2D eigenvalue weighted by Crippen LogP contribution is 2.39. The summed E-state index contributed by atoms with van der Waals surface area (Å²) in [6, 6.07) is 0. The number of rotatable bonds is 3. The van der Waals surface area contributed by atoms with Crippen molar-refractivity contribution in [3.05, 3.63) is 42.5 Å². The minimum atomic E-state index is 1.12. The van der Waals surface area contributed by atoms with E-state index in [1.165, 1.54) is 31.2 Å². The number of fused-ring (bicyclic) bond motifs is 1. The molecule has 0 saturated carbocycles. The highest BCUT2D eigenvalue weighted by Gasteiger charge is 2.20.